The second-order valence-corrected chi connectivity index (χ2v) is 5.90. The van der Waals surface area contributed by atoms with Gasteiger partial charge in [-0.05, 0) is 44.4 Å². The summed E-state index contributed by atoms with van der Waals surface area (Å²) in [6.07, 6.45) is 10.8. The Labute approximate surface area is 103 Å². The SMILES string of the molecule is C1CCc2c(nc3n2C2CCCCC2CN3)C1. The lowest BCUT2D eigenvalue weighted by Crippen LogP contribution is -2.35. The second kappa shape index (κ2) is 3.76. The monoisotopic (exact) mass is 231 g/mol. The first-order chi connectivity index (χ1) is 8.43. The molecule has 1 aliphatic heterocycles. The van der Waals surface area contributed by atoms with Crippen LogP contribution in [0.4, 0.5) is 5.95 Å². The van der Waals surface area contributed by atoms with Gasteiger partial charge in [-0.3, -0.25) is 0 Å². The Morgan fingerprint density at radius 1 is 1.06 bits per heavy atom. The summed E-state index contributed by atoms with van der Waals surface area (Å²) in [5.74, 6) is 2.04. The summed E-state index contributed by atoms with van der Waals surface area (Å²) in [6.45, 7) is 1.15. The molecule has 0 saturated heterocycles. The molecule has 0 amide bonds. The van der Waals surface area contributed by atoms with E-state index in [1.54, 1.807) is 5.69 Å². The molecule has 0 spiro atoms. The highest BCUT2D eigenvalue weighted by molar-refractivity contribution is 5.38. The Kier molecular flexibility index (Phi) is 2.20. The zero-order valence-corrected chi connectivity index (χ0v) is 10.4. The van der Waals surface area contributed by atoms with Crippen LogP contribution in [0.5, 0.6) is 0 Å². The molecule has 2 aliphatic carbocycles. The van der Waals surface area contributed by atoms with Gasteiger partial charge in [-0.1, -0.05) is 12.8 Å². The summed E-state index contributed by atoms with van der Waals surface area (Å²) < 4.78 is 2.59. The predicted molar refractivity (Wildman–Crippen MR) is 68.4 cm³/mol. The fraction of sp³-hybridized carbons (Fsp3) is 0.786. The first-order valence-electron chi connectivity index (χ1n) is 7.27. The van der Waals surface area contributed by atoms with Crippen molar-refractivity contribution in [3.63, 3.8) is 0 Å². The fourth-order valence-corrected chi connectivity index (χ4v) is 4.03. The Bertz CT molecular complexity index is 435. The van der Waals surface area contributed by atoms with Gasteiger partial charge in [0, 0.05) is 18.3 Å². The third kappa shape index (κ3) is 1.44. The van der Waals surface area contributed by atoms with Crippen LogP contribution in [0.1, 0.15) is 56.0 Å². The van der Waals surface area contributed by atoms with E-state index in [1.807, 2.05) is 0 Å². The van der Waals surface area contributed by atoms with Crippen LogP contribution in [-0.4, -0.2) is 16.1 Å². The molecule has 0 aromatic carbocycles. The van der Waals surface area contributed by atoms with Gasteiger partial charge >= 0.3 is 0 Å². The highest BCUT2D eigenvalue weighted by Gasteiger charge is 2.35. The maximum atomic E-state index is 4.83. The van der Waals surface area contributed by atoms with Crippen molar-refractivity contribution in [3.05, 3.63) is 11.4 Å². The summed E-state index contributed by atoms with van der Waals surface area (Å²) in [4.78, 5) is 4.83. The summed E-state index contributed by atoms with van der Waals surface area (Å²) in [7, 11) is 0. The summed E-state index contributed by atoms with van der Waals surface area (Å²) in [5, 5.41) is 3.57. The molecular weight excluding hydrogens is 210 g/mol. The number of aryl methyl sites for hydroxylation is 1. The Hall–Kier alpha value is -0.990. The molecule has 3 aliphatic rings. The van der Waals surface area contributed by atoms with E-state index in [2.05, 4.69) is 9.88 Å². The molecule has 2 heterocycles. The number of hydrogen-bond donors (Lipinski definition) is 1. The molecular formula is C14H21N3. The van der Waals surface area contributed by atoms with Crippen molar-refractivity contribution in [2.45, 2.75) is 57.4 Å². The van der Waals surface area contributed by atoms with E-state index in [4.69, 9.17) is 4.98 Å². The van der Waals surface area contributed by atoms with Crippen LogP contribution >= 0.6 is 0 Å². The van der Waals surface area contributed by atoms with Gasteiger partial charge in [-0.15, -0.1) is 0 Å². The molecule has 4 rings (SSSR count). The Morgan fingerprint density at radius 3 is 2.94 bits per heavy atom. The molecule has 0 bridgehead atoms. The molecule has 1 N–H and O–H groups in total. The minimum absolute atomic E-state index is 0.759. The predicted octanol–water partition coefficient (Wildman–Crippen LogP) is 2.92. The quantitative estimate of drug-likeness (QED) is 0.744. The maximum absolute atomic E-state index is 4.83. The van der Waals surface area contributed by atoms with Gasteiger partial charge in [0.1, 0.15) is 0 Å². The smallest absolute Gasteiger partial charge is 0.203 e. The topological polar surface area (TPSA) is 29.9 Å². The van der Waals surface area contributed by atoms with Gasteiger partial charge < -0.3 is 9.88 Å². The summed E-state index contributed by atoms with van der Waals surface area (Å²) in [5.41, 5.74) is 2.96. The second-order valence-electron chi connectivity index (χ2n) is 5.90. The molecule has 1 saturated carbocycles. The van der Waals surface area contributed by atoms with Crippen molar-refractivity contribution in [2.75, 3.05) is 11.9 Å². The molecule has 1 aromatic heterocycles. The number of nitrogens with one attached hydrogen (secondary N) is 1. The van der Waals surface area contributed by atoms with Crippen molar-refractivity contribution in [1.82, 2.24) is 9.55 Å². The number of imidazole rings is 1. The third-order valence-electron chi connectivity index (χ3n) is 4.89. The van der Waals surface area contributed by atoms with Crippen LogP contribution in [-0.2, 0) is 12.8 Å². The van der Waals surface area contributed by atoms with Crippen molar-refractivity contribution in [2.24, 2.45) is 5.92 Å². The van der Waals surface area contributed by atoms with E-state index in [9.17, 15) is 0 Å². The number of nitrogens with zero attached hydrogens (tertiary/aromatic N) is 2. The van der Waals surface area contributed by atoms with Crippen molar-refractivity contribution >= 4 is 5.95 Å². The molecule has 92 valence electrons. The van der Waals surface area contributed by atoms with Crippen LogP contribution in [0.25, 0.3) is 0 Å². The molecule has 0 radical (unpaired) electrons. The standard InChI is InChI=1S/C14H21N3/c1-3-7-12-10(5-1)9-15-14-16-11-6-2-4-8-13(11)17(12)14/h10,12H,1-9H2,(H,15,16). The number of aromatic nitrogens is 2. The fourth-order valence-electron chi connectivity index (χ4n) is 4.03. The number of rotatable bonds is 0. The molecule has 3 heteroatoms. The van der Waals surface area contributed by atoms with E-state index < -0.39 is 0 Å². The Balaban J connectivity index is 1.80. The minimum atomic E-state index is 0.759. The highest BCUT2D eigenvalue weighted by Crippen LogP contribution is 2.41. The average molecular weight is 231 g/mol. The van der Waals surface area contributed by atoms with E-state index in [0.29, 0.717) is 0 Å². The first kappa shape index (κ1) is 9.98. The van der Waals surface area contributed by atoms with Crippen LogP contribution < -0.4 is 5.32 Å². The van der Waals surface area contributed by atoms with Crippen molar-refractivity contribution < 1.29 is 0 Å². The molecule has 2 unspecified atom stereocenters. The van der Waals surface area contributed by atoms with Crippen molar-refractivity contribution in [1.29, 1.82) is 0 Å². The van der Waals surface area contributed by atoms with Gasteiger partial charge in [0.2, 0.25) is 5.95 Å². The lowest BCUT2D eigenvalue weighted by molar-refractivity contribution is 0.233. The van der Waals surface area contributed by atoms with Gasteiger partial charge in [0.25, 0.3) is 0 Å². The van der Waals surface area contributed by atoms with Gasteiger partial charge in [-0.2, -0.15) is 0 Å². The van der Waals surface area contributed by atoms with Crippen LogP contribution in [0.2, 0.25) is 0 Å². The normalized spacial score (nSPS) is 31.1. The van der Waals surface area contributed by atoms with Gasteiger partial charge in [0.05, 0.1) is 5.69 Å². The molecule has 17 heavy (non-hydrogen) atoms. The molecule has 3 nitrogen and oxygen atoms in total. The van der Waals surface area contributed by atoms with Crippen molar-refractivity contribution in [3.8, 4) is 0 Å². The zero-order chi connectivity index (χ0) is 11.2. The van der Waals surface area contributed by atoms with E-state index in [1.165, 1.54) is 63.0 Å². The van der Waals surface area contributed by atoms with E-state index in [0.717, 1.165) is 18.5 Å². The lowest BCUT2D eigenvalue weighted by Gasteiger charge is -2.38. The highest BCUT2D eigenvalue weighted by atomic mass is 15.3. The van der Waals surface area contributed by atoms with Crippen LogP contribution in [0.15, 0.2) is 0 Å². The van der Waals surface area contributed by atoms with Crippen LogP contribution in [0, 0.1) is 5.92 Å². The number of hydrogen-bond acceptors (Lipinski definition) is 2. The third-order valence-corrected chi connectivity index (χ3v) is 4.89. The van der Waals surface area contributed by atoms with Crippen LogP contribution in [0.3, 0.4) is 0 Å². The average Bonchev–Trinajstić information content (AvgIpc) is 2.77. The molecule has 1 fully saturated rings. The molecule has 2 atom stereocenters. The number of anilines is 1. The van der Waals surface area contributed by atoms with Gasteiger partial charge in [-0.25, -0.2) is 4.98 Å². The largest absolute Gasteiger partial charge is 0.355 e. The van der Waals surface area contributed by atoms with E-state index >= 15 is 0 Å². The maximum Gasteiger partial charge on any atom is 0.203 e. The minimum Gasteiger partial charge on any atom is -0.355 e. The number of fused-ring (bicyclic) bond motifs is 5. The molecule has 1 aromatic rings. The zero-order valence-electron chi connectivity index (χ0n) is 10.4. The first-order valence-corrected chi connectivity index (χ1v) is 7.27. The summed E-state index contributed by atoms with van der Waals surface area (Å²) >= 11 is 0. The Morgan fingerprint density at radius 2 is 1.94 bits per heavy atom. The summed E-state index contributed by atoms with van der Waals surface area (Å²) in [6, 6.07) is 0.759. The van der Waals surface area contributed by atoms with E-state index in [-0.39, 0.29) is 0 Å². The van der Waals surface area contributed by atoms with Gasteiger partial charge in [0.15, 0.2) is 0 Å². The lowest BCUT2D eigenvalue weighted by atomic mass is 9.83.